The Morgan fingerprint density at radius 2 is 1.96 bits per heavy atom. The molecule has 0 aromatic carbocycles. The number of aryl methyl sites for hydroxylation is 1. The van der Waals surface area contributed by atoms with E-state index in [1.54, 1.807) is 11.3 Å². The van der Waals surface area contributed by atoms with Crippen molar-refractivity contribution >= 4 is 27.2 Å². The Bertz CT molecular complexity index is 975. The monoisotopic (exact) mass is 392 g/mol. The van der Waals surface area contributed by atoms with Crippen LogP contribution in [0.15, 0.2) is 0 Å². The summed E-state index contributed by atoms with van der Waals surface area (Å²) in [6, 6.07) is 0. The molecule has 4 rings (SSSR count). The third-order valence-corrected chi connectivity index (χ3v) is 6.15. The smallest absolute Gasteiger partial charge is 0.206 e. The van der Waals surface area contributed by atoms with E-state index in [4.69, 9.17) is 14.7 Å². The van der Waals surface area contributed by atoms with E-state index in [-0.39, 0.29) is 18.8 Å². The summed E-state index contributed by atoms with van der Waals surface area (Å²) in [7, 11) is 0. The van der Waals surface area contributed by atoms with Gasteiger partial charge in [-0.15, -0.1) is 16.4 Å². The van der Waals surface area contributed by atoms with Crippen molar-refractivity contribution in [2.24, 2.45) is 0 Å². The lowest BCUT2D eigenvalue weighted by atomic mass is 9.94. The molecule has 0 radical (unpaired) electrons. The van der Waals surface area contributed by atoms with Gasteiger partial charge >= 0.3 is 0 Å². The summed E-state index contributed by atoms with van der Waals surface area (Å²) in [5.74, 6) is 1.51. The van der Waals surface area contributed by atoms with E-state index in [2.05, 4.69) is 18.9 Å². The predicted molar refractivity (Wildman–Crippen MR) is 102 cm³/mol. The fraction of sp³-hybridized carbons (Fsp3) is 0.611. The molecule has 4 heterocycles. The molecule has 0 unspecified atom stereocenters. The van der Waals surface area contributed by atoms with Gasteiger partial charge in [0.25, 0.3) is 0 Å². The zero-order valence-corrected chi connectivity index (χ0v) is 16.8. The normalized spacial score (nSPS) is 16.5. The van der Waals surface area contributed by atoms with E-state index in [0.29, 0.717) is 32.1 Å². The van der Waals surface area contributed by atoms with Crippen LogP contribution in [0.2, 0.25) is 0 Å². The van der Waals surface area contributed by atoms with Crippen molar-refractivity contribution in [2.75, 3.05) is 26.3 Å². The molecule has 1 aliphatic rings. The van der Waals surface area contributed by atoms with Crippen LogP contribution >= 0.6 is 11.3 Å². The summed E-state index contributed by atoms with van der Waals surface area (Å²) in [6.07, 6.45) is 0.831. The summed E-state index contributed by atoms with van der Waals surface area (Å²) >= 11 is 1.68. The zero-order chi connectivity index (χ0) is 19.2. The number of nitrogens with one attached hydrogen (secondary N) is 1. The first-order valence-corrected chi connectivity index (χ1v) is 10.1. The molecule has 8 nitrogen and oxygen atoms in total. The van der Waals surface area contributed by atoms with Gasteiger partial charge in [0.15, 0.2) is 5.65 Å². The van der Waals surface area contributed by atoms with E-state index >= 15 is 0 Å². The summed E-state index contributed by atoms with van der Waals surface area (Å²) in [5, 5.41) is 24.3. The maximum Gasteiger partial charge on any atom is 0.206 e. The van der Waals surface area contributed by atoms with Crippen LogP contribution in [0.1, 0.15) is 35.9 Å². The molecular formula is C18H26N5O3S+. The third kappa shape index (κ3) is 3.45. The van der Waals surface area contributed by atoms with Crippen LogP contribution in [0.4, 0.5) is 0 Å². The van der Waals surface area contributed by atoms with E-state index in [9.17, 15) is 10.2 Å². The average Bonchev–Trinajstić information content (AvgIpc) is 3.15. The predicted octanol–water partition coefficient (Wildman–Crippen LogP) is -0.132. The lowest BCUT2D eigenvalue weighted by Gasteiger charge is -2.30. The van der Waals surface area contributed by atoms with Gasteiger partial charge in [0.2, 0.25) is 5.82 Å². The lowest BCUT2D eigenvalue weighted by molar-refractivity contribution is -0.915. The molecule has 3 N–H and O–H groups in total. The lowest BCUT2D eigenvalue weighted by Crippen LogP contribution is -3.11. The molecule has 0 atom stereocenters. The maximum absolute atomic E-state index is 9.25. The molecule has 3 aromatic rings. The van der Waals surface area contributed by atoms with Crippen molar-refractivity contribution in [1.29, 1.82) is 0 Å². The number of fused-ring (bicyclic) bond motifs is 5. The third-order valence-electron chi connectivity index (χ3n) is 5.05. The highest BCUT2D eigenvalue weighted by Gasteiger charge is 2.31. The first kappa shape index (κ1) is 18.7. The second kappa shape index (κ2) is 7.06. The quantitative estimate of drug-likeness (QED) is 0.541. The summed E-state index contributed by atoms with van der Waals surface area (Å²) in [4.78, 5) is 12.9. The highest BCUT2D eigenvalue weighted by molar-refractivity contribution is 7.19. The number of hydrogen-bond donors (Lipinski definition) is 3. The Labute approximate surface area is 161 Å². The maximum atomic E-state index is 9.25. The van der Waals surface area contributed by atoms with Crippen molar-refractivity contribution in [3.05, 3.63) is 22.1 Å². The molecule has 0 fully saturated rings. The van der Waals surface area contributed by atoms with Gasteiger partial charge in [0.05, 0.1) is 30.8 Å². The van der Waals surface area contributed by atoms with Crippen LogP contribution < -0.4 is 4.90 Å². The molecule has 0 saturated heterocycles. The summed E-state index contributed by atoms with van der Waals surface area (Å²) in [5.41, 5.74) is 1.92. The van der Waals surface area contributed by atoms with Gasteiger partial charge in [-0.25, -0.2) is 9.97 Å². The fourth-order valence-electron chi connectivity index (χ4n) is 3.70. The number of thiophene rings is 1. The molecule has 0 amide bonds. The Hall–Kier alpha value is -1.65. The standard InChI is InChI=1S/C18H25N5O3S/c1-11-19-17-15(12-8-18(2,3)26-10-13(12)27-17)16-20-14(21-23(11)16)9-22(4-6-24)5-7-25/h24-25H,4-10H2,1-3H3/p+1. The van der Waals surface area contributed by atoms with Gasteiger partial charge in [-0.05, 0) is 26.3 Å². The topological polar surface area (TPSA) is 97.2 Å². The Morgan fingerprint density at radius 1 is 1.22 bits per heavy atom. The number of aliphatic hydroxyl groups is 2. The van der Waals surface area contributed by atoms with Gasteiger partial charge in [-0.1, -0.05) is 0 Å². The second-order valence-electron chi connectivity index (χ2n) is 7.71. The SMILES string of the molecule is Cc1nc2sc3c(c2c2nc(C[NH+](CCO)CCO)nn12)CC(C)(C)OC3. The number of quaternary nitrogens is 1. The van der Waals surface area contributed by atoms with E-state index in [1.165, 1.54) is 10.4 Å². The van der Waals surface area contributed by atoms with Crippen molar-refractivity contribution < 1.29 is 19.8 Å². The number of hydrogen-bond acceptors (Lipinski definition) is 7. The zero-order valence-electron chi connectivity index (χ0n) is 15.9. The van der Waals surface area contributed by atoms with Gasteiger partial charge in [-0.3, -0.25) is 0 Å². The minimum absolute atomic E-state index is 0.0701. The number of aromatic nitrogens is 4. The van der Waals surface area contributed by atoms with Gasteiger partial charge in [0, 0.05) is 11.3 Å². The molecule has 0 bridgehead atoms. The van der Waals surface area contributed by atoms with Crippen molar-refractivity contribution in [1.82, 2.24) is 19.6 Å². The molecule has 0 saturated carbocycles. The molecule has 9 heteroatoms. The Kier molecular flexibility index (Phi) is 4.89. The van der Waals surface area contributed by atoms with Gasteiger partial charge in [0.1, 0.15) is 30.3 Å². The summed E-state index contributed by atoms with van der Waals surface area (Å²) < 4.78 is 7.79. The molecule has 1 aliphatic heterocycles. The minimum atomic E-state index is -0.199. The Morgan fingerprint density at radius 3 is 2.67 bits per heavy atom. The van der Waals surface area contributed by atoms with Crippen LogP contribution in [0.25, 0.3) is 15.9 Å². The first-order chi connectivity index (χ1) is 12.9. The fourth-order valence-corrected chi connectivity index (χ4v) is 4.84. The summed E-state index contributed by atoms with van der Waals surface area (Å²) in [6.45, 7) is 8.59. The number of nitrogens with zero attached hydrogens (tertiary/aromatic N) is 4. The average molecular weight is 393 g/mol. The highest BCUT2D eigenvalue weighted by atomic mass is 32.1. The van der Waals surface area contributed by atoms with Gasteiger partial charge in [-0.2, -0.15) is 4.52 Å². The second-order valence-corrected chi connectivity index (χ2v) is 8.79. The van der Waals surface area contributed by atoms with E-state index in [1.807, 2.05) is 11.4 Å². The van der Waals surface area contributed by atoms with Crippen LogP contribution in [0.5, 0.6) is 0 Å². The van der Waals surface area contributed by atoms with Crippen molar-refractivity contribution in [3.63, 3.8) is 0 Å². The molecule has 146 valence electrons. The van der Waals surface area contributed by atoms with Crippen molar-refractivity contribution in [3.8, 4) is 0 Å². The molecule has 0 spiro atoms. The number of rotatable bonds is 6. The highest BCUT2D eigenvalue weighted by Crippen LogP contribution is 2.39. The first-order valence-electron chi connectivity index (χ1n) is 9.27. The molecule has 0 aliphatic carbocycles. The molecule has 27 heavy (non-hydrogen) atoms. The minimum Gasteiger partial charge on any atom is -0.391 e. The van der Waals surface area contributed by atoms with E-state index in [0.717, 1.165) is 33.0 Å². The van der Waals surface area contributed by atoms with Crippen molar-refractivity contribution in [2.45, 2.75) is 45.9 Å². The van der Waals surface area contributed by atoms with E-state index < -0.39 is 0 Å². The van der Waals surface area contributed by atoms with Gasteiger partial charge < -0.3 is 19.8 Å². The Balaban J connectivity index is 1.81. The molecule has 3 aromatic heterocycles. The number of ether oxygens (including phenoxy) is 1. The van der Waals surface area contributed by atoms with Crippen LogP contribution in [0, 0.1) is 6.92 Å². The number of aliphatic hydroxyl groups excluding tert-OH is 2. The molecular weight excluding hydrogens is 366 g/mol. The van der Waals surface area contributed by atoms with Crippen LogP contribution in [-0.2, 0) is 24.3 Å². The van der Waals surface area contributed by atoms with Crippen LogP contribution in [-0.4, -0.2) is 61.7 Å². The van der Waals surface area contributed by atoms with Crippen LogP contribution in [0.3, 0.4) is 0 Å². The largest absolute Gasteiger partial charge is 0.391 e.